The molecule has 3 atom stereocenters. The smallest absolute Gasteiger partial charge is 0.107 e. The summed E-state index contributed by atoms with van der Waals surface area (Å²) >= 11 is 13.3. The van der Waals surface area contributed by atoms with Crippen molar-refractivity contribution in [3.63, 3.8) is 0 Å². The van der Waals surface area contributed by atoms with Crippen LogP contribution in [0.3, 0.4) is 0 Å². The number of nitrogens with two attached hydrogens (primary N) is 1. The summed E-state index contributed by atoms with van der Waals surface area (Å²) in [5.41, 5.74) is 5.99. The van der Waals surface area contributed by atoms with Gasteiger partial charge in [-0.15, -0.1) is 11.3 Å². The van der Waals surface area contributed by atoms with Crippen LogP contribution in [-0.4, -0.2) is 35.0 Å². The normalized spacial score (nSPS) is 27.4. The van der Waals surface area contributed by atoms with Gasteiger partial charge in [-0.05, 0) is 22.0 Å². The summed E-state index contributed by atoms with van der Waals surface area (Å²) in [6, 6.07) is 2.41. The third-order valence-electron chi connectivity index (χ3n) is 3.10. The van der Waals surface area contributed by atoms with Gasteiger partial charge in [-0.25, -0.2) is 0 Å². The molecule has 0 aliphatic carbocycles. The highest BCUT2D eigenvalue weighted by molar-refractivity contribution is 9.10. The van der Waals surface area contributed by atoms with Crippen molar-refractivity contribution >= 4 is 50.6 Å². The molecule has 2 nitrogen and oxygen atoms in total. The molecule has 1 saturated heterocycles. The van der Waals surface area contributed by atoms with Crippen molar-refractivity contribution < 1.29 is 0 Å². The highest BCUT2D eigenvalue weighted by atomic mass is 79.9. The van der Waals surface area contributed by atoms with E-state index in [1.165, 1.54) is 4.88 Å². The second-order valence-electron chi connectivity index (χ2n) is 4.73. The first kappa shape index (κ1) is 15.1. The van der Waals surface area contributed by atoms with Gasteiger partial charge in [-0.3, -0.25) is 4.90 Å². The van der Waals surface area contributed by atoms with Crippen LogP contribution in [0.15, 0.2) is 10.5 Å². The van der Waals surface area contributed by atoms with Gasteiger partial charge in [0.05, 0.1) is 6.04 Å². The molecule has 102 valence electrons. The molecule has 1 aromatic heterocycles. The Labute approximate surface area is 130 Å². The van der Waals surface area contributed by atoms with Crippen LogP contribution in [0.5, 0.6) is 0 Å². The first-order valence-corrected chi connectivity index (χ1v) is 8.98. The summed E-state index contributed by atoms with van der Waals surface area (Å²) in [6.45, 7) is 7.43. The zero-order valence-electron chi connectivity index (χ0n) is 10.5. The lowest BCUT2D eigenvalue weighted by atomic mass is 10.1. The Kier molecular flexibility index (Phi) is 5.43. The standard InChI is InChI=1S/C12H18BrClN2S2/c1-7-5-16(6-8(2)17-7)10(4-15)11-3-9(13)12(14)18-11/h3,7-8,10H,4-6,15H2,1-2H3. The van der Waals surface area contributed by atoms with Crippen molar-refractivity contribution in [3.05, 3.63) is 19.8 Å². The zero-order valence-corrected chi connectivity index (χ0v) is 14.5. The Morgan fingerprint density at radius 1 is 1.50 bits per heavy atom. The molecule has 1 fully saturated rings. The van der Waals surface area contributed by atoms with Crippen LogP contribution in [0.2, 0.25) is 4.34 Å². The van der Waals surface area contributed by atoms with Crippen molar-refractivity contribution in [2.24, 2.45) is 5.73 Å². The van der Waals surface area contributed by atoms with Crippen LogP contribution >= 0.6 is 50.6 Å². The fourth-order valence-corrected chi connectivity index (χ4v) is 5.68. The largest absolute Gasteiger partial charge is 0.329 e. The van der Waals surface area contributed by atoms with Crippen LogP contribution in [0.4, 0.5) is 0 Å². The van der Waals surface area contributed by atoms with E-state index in [1.807, 2.05) is 0 Å². The fourth-order valence-electron chi connectivity index (χ4n) is 2.44. The minimum absolute atomic E-state index is 0.296. The summed E-state index contributed by atoms with van der Waals surface area (Å²) in [4.78, 5) is 3.76. The predicted octanol–water partition coefficient (Wildman–Crippen LogP) is 3.99. The minimum atomic E-state index is 0.296. The van der Waals surface area contributed by atoms with Gasteiger partial charge in [0, 0.05) is 39.5 Å². The maximum Gasteiger partial charge on any atom is 0.107 e. The fraction of sp³-hybridized carbons (Fsp3) is 0.667. The molecule has 1 aliphatic heterocycles. The quantitative estimate of drug-likeness (QED) is 0.873. The molecule has 18 heavy (non-hydrogen) atoms. The summed E-state index contributed by atoms with van der Waals surface area (Å²) in [7, 11) is 0. The number of rotatable bonds is 3. The Balaban J connectivity index is 2.17. The van der Waals surface area contributed by atoms with Crippen LogP contribution in [0.25, 0.3) is 0 Å². The number of halogens is 2. The van der Waals surface area contributed by atoms with Gasteiger partial charge in [0.15, 0.2) is 0 Å². The van der Waals surface area contributed by atoms with Crippen molar-refractivity contribution in [3.8, 4) is 0 Å². The molecule has 0 amide bonds. The molecule has 0 radical (unpaired) electrons. The van der Waals surface area contributed by atoms with Crippen LogP contribution in [0, 0.1) is 0 Å². The second kappa shape index (κ2) is 6.46. The van der Waals surface area contributed by atoms with Gasteiger partial charge in [-0.1, -0.05) is 25.4 Å². The zero-order chi connectivity index (χ0) is 13.3. The van der Waals surface area contributed by atoms with Gasteiger partial charge in [0.25, 0.3) is 0 Å². The summed E-state index contributed by atoms with van der Waals surface area (Å²) < 4.78 is 1.80. The lowest BCUT2D eigenvalue weighted by molar-refractivity contribution is 0.202. The topological polar surface area (TPSA) is 29.3 Å². The molecule has 0 saturated carbocycles. The van der Waals surface area contributed by atoms with E-state index in [1.54, 1.807) is 11.3 Å². The van der Waals surface area contributed by atoms with E-state index in [2.05, 4.69) is 52.5 Å². The third-order valence-corrected chi connectivity index (χ3v) is 6.91. The molecule has 2 rings (SSSR count). The summed E-state index contributed by atoms with van der Waals surface area (Å²) in [6.07, 6.45) is 0. The summed E-state index contributed by atoms with van der Waals surface area (Å²) in [5.74, 6) is 0. The van der Waals surface area contributed by atoms with E-state index >= 15 is 0 Å². The van der Waals surface area contributed by atoms with E-state index in [0.29, 0.717) is 23.1 Å². The lowest BCUT2D eigenvalue weighted by Gasteiger charge is -2.39. The third kappa shape index (κ3) is 3.44. The van der Waals surface area contributed by atoms with Crippen molar-refractivity contribution in [1.82, 2.24) is 4.90 Å². The Morgan fingerprint density at radius 2 is 2.11 bits per heavy atom. The summed E-state index contributed by atoms with van der Waals surface area (Å²) in [5, 5.41) is 1.34. The maximum atomic E-state index is 6.13. The Morgan fingerprint density at radius 3 is 2.56 bits per heavy atom. The van der Waals surface area contributed by atoms with E-state index in [0.717, 1.165) is 21.9 Å². The Hall–Kier alpha value is 0.740. The molecule has 0 bridgehead atoms. The van der Waals surface area contributed by atoms with E-state index in [-0.39, 0.29) is 0 Å². The monoisotopic (exact) mass is 368 g/mol. The van der Waals surface area contributed by atoms with Crippen molar-refractivity contribution in [2.75, 3.05) is 19.6 Å². The SMILES string of the molecule is CC1CN(C(CN)c2cc(Br)c(Cl)s2)CC(C)S1. The van der Waals surface area contributed by atoms with E-state index in [9.17, 15) is 0 Å². The first-order chi connectivity index (χ1) is 8.51. The van der Waals surface area contributed by atoms with Crippen LogP contribution in [-0.2, 0) is 0 Å². The molecular formula is C12H18BrClN2S2. The van der Waals surface area contributed by atoms with Gasteiger partial charge >= 0.3 is 0 Å². The van der Waals surface area contributed by atoms with Crippen molar-refractivity contribution in [1.29, 1.82) is 0 Å². The highest BCUT2D eigenvalue weighted by Crippen LogP contribution is 2.38. The first-order valence-electron chi connectivity index (χ1n) is 6.05. The average Bonchev–Trinajstić information content (AvgIpc) is 2.58. The maximum absolute atomic E-state index is 6.13. The molecule has 3 unspecified atom stereocenters. The van der Waals surface area contributed by atoms with Crippen molar-refractivity contribution in [2.45, 2.75) is 30.4 Å². The molecule has 0 aromatic carbocycles. The molecule has 1 aromatic rings. The van der Waals surface area contributed by atoms with E-state index < -0.39 is 0 Å². The van der Waals surface area contributed by atoms with Crippen LogP contribution < -0.4 is 5.73 Å². The molecule has 1 aliphatic rings. The average molecular weight is 370 g/mol. The molecule has 6 heteroatoms. The molecule has 0 spiro atoms. The van der Waals surface area contributed by atoms with Crippen LogP contribution in [0.1, 0.15) is 24.8 Å². The van der Waals surface area contributed by atoms with Gasteiger partial charge < -0.3 is 5.73 Å². The molecule has 2 heterocycles. The number of hydrogen-bond acceptors (Lipinski definition) is 4. The number of nitrogens with zero attached hydrogens (tertiary/aromatic N) is 1. The second-order valence-corrected chi connectivity index (χ2v) is 9.15. The highest BCUT2D eigenvalue weighted by Gasteiger charge is 2.29. The molecule has 2 N–H and O–H groups in total. The number of hydrogen-bond donors (Lipinski definition) is 1. The Bertz CT molecular complexity index is 383. The molecular weight excluding hydrogens is 352 g/mol. The number of thioether (sulfide) groups is 1. The van der Waals surface area contributed by atoms with E-state index in [4.69, 9.17) is 17.3 Å². The minimum Gasteiger partial charge on any atom is -0.329 e. The van der Waals surface area contributed by atoms with Gasteiger partial charge in [0.1, 0.15) is 4.34 Å². The lowest BCUT2D eigenvalue weighted by Crippen LogP contribution is -2.44. The predicted molar refractivity (Wildman–Crippen MR) is 86.9 cm³/mol. The van der Waals surface area contributed by atoms with Gasteiger partial charge in [0.2, 0.25) is 0 Å². The van der Waals surface area contributed by atoms with Gasteiger partial charge in [-0.2, -0.15) is 11.8 Å². The number of thiophene rings is 1.